The van der Waals surface area contributed by atoms with Crippen LogP contribution in [0.3, 0.4) is 0 Å². The minimum atomic E-state index is 0.125. The van der Waals surface area contributed by atoms with Crippen LogP contribution in [0, 0.1) is 5.92 Å². The zero-order valence-electron chi connectivity index (χ0n) is 11.9. The van der Waals surface area contributed by atoms with E-state index < -0.39 is 0 Å². The SMILES string of the molecule is CC(=O)N(C)C(C)C.CC(C)C(=O)N(C)C. The molecule has 4 heteroatoms. The summed E-state index contributed by atoms with van der Waals surface area (Å²) in [5.41, 5.74) is 0. The van der Waals surface area contributed by atoms with Crippen molar-refractivity contribution in [2.24, 2.45) is 5.92 Å². The lowest BCUT2D eigenvalue weighted by Gasteiger charge is -2.18. The molecule has 0 aromatic heterocycles. The average molecular weight is 230 g/mol. The van der Waals surface area contributed by atoms with Crippen molar-refractivity contribution in [1.82, 2.24) is 9.80 Å². The van der Waals surface area contributed by atoms with Crippen LogP contribution in [0.5, 0.6) is 0 Å². The van der Waals surface area contributed by atoms with Gasteiger partial charge in [-0.25, -0.2) is 0 Å². The number of hydrogen-bond donors (Lipinski definition) is 0. The topological polar surface area (TPSA) is 40.6 Å². The first-order valence-electron chi connectivity index (χ1n) is 5.55. The summed E-state index contributed by atoms with van der Waals surface area (Å²) in [5.74, 6) is 0.440. The number of carbonyl (C=O) groups excluding carboxylic acids is 2. The van der Waals surface area contributed by atoms with Crippen molar-refractivity contribution in [3.63, 3.8) is 0 Å². The Morgan fingerprint density at radius 1 is 0.938 bits per heavy atom. The summed E-state index contributed by atoms with van der Waals surface area (Å²) in [6.07, 6.45) is 0. The summed E-state index contributed by atoms with van der Waals surface area (Å²) < 4.78 is 0. The Morgan fingerprint density at radius 3 is 1.31 bits per heavy atom. The number of carbonyl (C=O) groups is 2. The Balaban J connectivity index is 0. The zero-order valence-corrected chi connectivity index (χ0v) is 11.9. The minimum absolute atomic E-state index is 0.125. The van der Waals surface area contributed by atoms with E-state index >= 15 is 0 Å². The van der Waals surface area contributed by atoms with E-state index in [9.17, 15) is 9.59 Å². The maximum atomic E-state index is 10.8. The Morgan fingerprint density at radius 2 is 1.31 bits per heavy atom. The maximum absolute atomic E-state index is 10.8. The summed E-state index contributed by atoms with van der Waals surface area (Å²) in [6.45, 7) is 9.33. The highest BCUT2D eigenvalue weighted by atomic mass is 16.2. The summed E-state index contributed by atoms with van der Waals surface area (Å²) in [6, 6.07) is 0.326. The van der Waals surface area contributed by atoms with E-state index in [1.807, 2.05) is 27.7 Å². The lowest BCUT2D eigenvalue weighted by Crippen LogP contribution is -2.30. The molecule has 0 N–H and O–H groups in total. The summed E-state index contributed by atoms with van der Waals surface area (Å²) in [7, 11) is 5.33. The van der Waals surface area contributed by atoms with Gasteiger partial charge in [0.2, 0.25) is 11.8 Å². The quantitative estimate of drug-likeness (QED) is 0.723. The van der Waals surface area contributed by atoms with Crippen LogP contribution < -0.4 is 0 Å². The van der Waals surface area contributed by atoms with Crippen LogP contribution in [0.15, 0.2) is 0 Å². The molecule has 0 aromatic rings. The van der Waals surface area contributed by atoms with Crippen LogP contribution in [-0.2, 0) is 9.59 Å². The number of hydrogen-bond acceptors (Lipinski definition) is 2. The maximum Gasteiger partial charge on any atom is 0.224 e. The molecule has 0 saturated heterocycles. The van der Waals surface area contributed by atoms with E-state index in [1.54, 1.807) is 37.9 Å². The van der Waals surface area contributed by atoms with Crippen LogP contribution in [0.1, 0.15) is 34.6 Å². The first kappa shape index (κ1) is 17.3. The number of amides is 2. The molecule has 0 aliphatic carbocycles. The molecular weight excluding hydrogens is 204 g/mol. The van der Waals surface area contributed by atoms with Gasteiger partial charge >= 0.3 is 0 Å². The monoisotopic (exact) mass is 230 g/mol. The van der Waals surface area contributed by atoms with E-state index in [0.717, 1.165) is 0 Å². The van der Waals surface area contributed by atoms with Crippen LogP contribution in [0.25, 0.3) is 0 Å². The van der Waals surface area contributed by atoms with Gasteiger partial charge in [-0.3, -0.25) is 9.59 Å². The first-order valence-corrected chi connectivity index (χ1v) is 5.55. The Kier molecular flexibility index (Phi) is 8.81. The number of rotatable bonds is 2. The van der Waals surface area contributed by atoms with Crippen molar-refractivity contribution in [3.8, 4) is 0 Å². The molecule has 0 heterocycles. The van der Waals surface area contributed by atoms with Gasteiger partial charge in [-0.2, -0.15) is 0 Å². The Hall–Kier alpha value is -1.06. The molecule has 0 atom stereocenters. The van der Waals surface area contributed by atoms with E-state index in [-0.39, 0.29) is 17.7 Å². The van der Waals surface area contributed by atoms with Crippen molar-refractivity contribution in [2.75, 3.05) is 21.1 Å². The molecule has 0 unspecified atom stereocenters. The van der Waals surface area contributed by atoms with Crippen LogP contribution in [0.4, 0.5) is 0 Å². The molecule has 0 aliphatic heterocycles. The summed E-state index contributed by atoms with van der Waals surface area (Å²) >= 11 is 0. The van der Waals surface area contributed by atoms with Gasteiger partial charge in [0, 0.05) is 40.0 Å². The van der Waals surface area contributed by atoms with Crippen molar-refractivity contribution < 1.29 is 9.59 Å². The molecule has 0 fully saturated rings. The second-order valence-corrected chi connectivity index (χ2v) is 4.61. The van der Waals surface area contributed by atoms with Crippen molar-refractivity contribution in [3.05, 3.63) is 0 Å². The van der Waals surface area contributed by atoms with E-state index in [1.165, 1.54) is 0 Å². The third-order valence-electron chi connectivity index (χ3n) is 2.21. The van der Waals surface area contributed by atoms with Crippen molar-refractivity contribution in [2.45, 2.75) is 40.7 Å². The van der Waals surface area contributed by atoms with Gasteiger partial charge in [0.05, 0.1) is 0 Å². The average Bonchev–Trinajstić information content (AvgIpc) is 2.15. The van der Waals surface area contributed by atoms with Gasteiger partial charge in [0.25, 0.3) is 0 Å². The number of nitrogens with zero attached hydrogens (tertiary/aromatic N) is 2. The highest BCUT2D eigenvalue weighted by Crippen LogP contribution is 1.94. The fourth-order valence-electron chi connectivity index (χ4n) is 0.880. The fraction of sp³-hybridized carbons (Fsp3) is 0.833. The zero-order chi connectivity index (χ0) is 13.5. The molecule has 4 nitrogen and oxygen atoms in total. The lowest BCUT2D eigenvalue weighted by atomic mass is 10.2. The van der Waals surface area contributed by atoms with Crippen molar-refractivity contribution >= 4 is 11.8 Å². The molecule has 16 heavy (non-hydrogen) atoms. The molecule has 0 spiro atoms. The van der Waals surface area contributed by atoms with Gasteiger partial charge in [0.15, 0.2) is 0 Å². The Labute approximate surface area is 99.6 Å². The second-order valence-electron chi connectivity index (χ2n) is 4.61. The fourth-order valence-corrected chi connectivity index (χ4v) is 0.880. The molecule has 0 aliphatic rings. The van der Waals surface area contributed by atoms with Gasteiger partial charge in [0.1, 0.15) is 0 Å². The van der Waals surface area contributed by atoms with E-state index in [0.29, 0.717) is 6.04 Å². The van der Waals surface area contributed by atoms with Crippen LogP contribution >= 0.6 is 0 Å². The third-order valence-corrected chi connectivity index (χ3v) is 2.21. The van der Waals surface area contributed by atoms with E-state index in [4.69, 9.17) is 0 Å². The van der Waals surface area contributed by atoms with Gasteiger partial charge in [-0.1, -0.05) is 13.8 Å². The molecule has 2 amide bonds. The van der Waals surface area contributed by atoms with Crippen LogP contribution in [0.2, 0.25) is 0 Å². The third kappa shape index (κ3) is 8.26. The van der Waals surface area contributed by atoms with Gasteiger partial charge in [-0.05, 0) is 13.8 Å². The first-order chi connectivity index (χ1) is 7.11. The summed E-state index contributed by atoms with van der Waals surface area (Å²) in [4.78, 5) is 24.6. The molecule has 0 rings (SSSR count). The van der Waals surface area contributed by atoms with Crippen LogP contribution in [-0.4, -0.2) is 48.8 Å². The van der Waals surface area contributed by atoms with E-state index in [2.05, 4.69) is 0 Å². The lowest BCUT2D eigenvalue weighted by molar-refractivity contribution is -0.132. The molecular formula is C12H26N2O2. The molecule has 0 bridgehead atoms. The second kappa shape index (κ2) is 8.13. The summed E-state index contributed by atoms with van der Waals surface area (Å²) in [5, 5.41) is 0. The van der Waals surface area contributed by atoms with Gasteiger partial charge < -0.3 is 9.80 Å². The predicted molar refractivity (Wildman–Crippen MR) is 67.1 cm³/mol. The molecule has 96 valence electrons. The molecule has 0 saturated carbocycles. The highest BCUT2D eigenvalue weighted by molar-refractivity contribution is 5.77. The molecule has 0 aromatic carbocycles. The largest absolute Gasteiger partial charge is 0.349 e. The standard InChI is InChI=1S/2C6H13NO/c1-5(2)6(8)7(3)4;1-5(2)7(4)6(3)8/h2*5H,1-4H3. The smallest absolute Gasteiger partial charge is 0.224 e. The molecule has 0 radical (unpaired) electrons. The minimum Gasteiger partial charge on any atom is -0.349 e. The predicted octanol–water partition coefficient (Wildman–Crippen LogP) is 1.60. The highest BCUT2D eigenvalue weighted by Gasteiger charge is 2.07. The van der Waals surface area contributed by atoms with Gasteiger partial charge in [-0.15, -0.1) is 0 Å². The van der Waals surface area contributed by atoms with Crippen molar-refractivity contribution in [1.29, 1.82) is 0 Å². The Bertz CT molecular complexity index is 213. The normalized spacial score (nSPS) is 9.62.